The number of nitrogens with zero attached hydrogens (tertiary/aromatic N) is 1. The summed E-state index contributed by atoms with van der Waals surface area (Å²) in [6, 6.07) is 13.0. The largest absolute Gasteiger partial charge is 0.265 e. The summed E-state index contributed by atoms with van der Waals surface area (Å²) in [7, 11) is -3.55. The van der Waals surface area contributed by atoms with Crippen LogP contribution in [-0.2, 0) is 10.0 Å². The van der Waals surface area contributed by atoms with Crippen LogP contribution in [-0.4, -0.2) is 15.0 Å². The van der Waals surface area contributed by atoms with Gasteiger partial charge in [0, 0.05) is 16.9 Å². The van der Waals surface area contributed by atoms with Gasteiger partial charge >= 0.3 is 0 Å². The van der Waals surface area contributed by atoms with E-state index >= 15 is 0 Å². The predicted octanol–water partition coefficient (Wildman–Crippen LogP) is 4.07. The van der Waals surface area contributed by atoms with Crippen LogP contribution in [0.25, 0.3) is 0 Å². The summed E-state index contributed by atoms with van der Waals surface area (Å²) in [5.41, 5.74) is 2.90. The maximum atomic E-state index is 13.0. The smallest absolute Gasteiger partial charge is 0.265 e. The van der Waals surface area contributed by atoms with E-state index < -0.39 is 10.0 Å². The lowest BCUT2D eigenvalue weighted by Gasteiger charge is -2.20. The maximum Gasteiger partial charge on any atom is 0.265 e. The van der Waals surface area contributed by atoms with Gasteiger partial charge in [-0.15, -0.1) is 0 Å². The highest BCUT2D eigenvalue weighted by Gasteiger charge is 2.35. The van der Waals surface area contributed by atoms with Gasteiger partial charge in [-0.1, -0.05) is 31.2 Å². The summed E-state index contributed by atoms with van der Waals surface area (Å²) in [6.07, 6.45) is 0. The maximum absolute atomic E-state index is 13.0. The minimum absolute atomic E-state index is 0.209. The zero-order chi connectivity index (χ0) is 15.2. The highest BCUT2D eigenvalue weighted by Crippen LogP contribution is 2.40. The second-order valence-corrected chi connectivity index (χ2v) is 8.11. The van der Waals surface area contributed by atoms with Gasteiger partial charge in [0.1, 0.15) is 4.90 Å². The SMILES string of the molecule is Cc1ccc(S(=O)(=O)N2CC(C)c3ccccc32)c(Br)c1. The van der Waals surface area contributed by atoms with E-state index in [-0.39, 0.29) is 5.92 Å². The molecule has 21 heavy (non-hydrogen) atoms. The molecule has 0 bridgehead atoms. The van der Waals surface area contributed by atoms with Crippen molar-refractivity contribution >= 4 is 31.6 Å². The number of sulfonamides is 1. The van der Waals surface area contributed by atoms with Crippen molar-refractivity contribution in [3.05, 3.63) is 58.1 Å². The molecule has 0 spiro atoms. The van der Waals surface area contributed by atoms with E-state index in [0.29, 0.717) is 15.9 Å². The number of hydrogen-bond donors (Lipinski definition) is 0. The molecule has 3 nitrogen and oxygen atoms in total. The van der Waals surface area contributed by atoms with Crippen molar-refractivity contribution in [1.82, 2.24) is 0 Å². The lowest BCUT2D eigenvalue weighted by atomic mass is 10.0. The molecule has 0 fully saturated rings. The first kappa shape index (κ1) is 14.6. The number of benzene rings is 2. The average Bonchev–Trinajstić information content (AvgIpc) is 2.77. The number of para-hydroxylation sites is 1. The number of fused-ring (bicyclic) bond motifs is 1. The molecule has 2 aromatic rings. The van der Waals surface area contributed by atoms with Crippen molar-refractivity contribution in [1.29, 1.82) is 0 Å². The zero-order valence-corrected chi connectivity index (χ0v) is 14.3. The Balaban J connectivity index is 2.12. The molecule has 0 radical (unpaired) electrons. The van der Waals surface area contributed by atoms with Crippen molar-refractivity contribution < 1.29 is 8.42 Å². The van der Waals surface area contributed by atoms with Gasteiger partial charge in [-0.2, -0.15) is 0 Å². The van der Waals surface area contributed by atoms with Crippen LogP contribution in [0.1, 0.15) is 24.0 Å². The first-order valence-electron chi connectivity index (χ1n) is 6.79. The van der Waals surface area contributed by atoms with Crippen molar-refractivity contribution in [3.8, 4) is 0 Å². The zero-order valence-electron chi connectivity index (χ0n) is 11.9. The van der Waals surface area contributed by atoms with Crippen LogP contribution >= 0.6 is 15.9 Å². The summed E-state index contributed by atoms with van der Waals surface area (Å²) in [5, 5.41) is 0. The Morgan fingerprint density at radius 3 is 2.62 bits per heavy atom. The number of aryl methyl sites for hydroxylation is 1. The monoisotopic (exact) mass is 365 g/mol. The van der Waals surface area contributed by atoms with Crippen molar-refractivity contribution in [3.63, 3.8) is 0 Å². The predicted molar refractivity (Wildman–Crippen MR) is 88.3 cm³/mol. The number of anilines is 1. The molecular weight excluding hydrogens is 350 g/mol. The van der Waals surface area contributed by atoms with Crippen molar-refractivity contribution in [2.75, 3.05) is 10.8 Å². The van der Waals surface area contributed by atoms with Crippen LogP contribution in [0.5, 0.6) is 0 Å². The third-order valence-corrected chi connectivity index (χ3v) is 6.59. The second kappa shape index (κ2) is 5.14. The molecule has 0 saturated heterocycles. The molecule has 3 rings (SSSR count). The van der Waals surface area contributed by atoms with Gasteiger partial charge in [0.05, 0.1) is 5.69 Å². The Morgan fingerprint density at radius 1 is 1.19 bits per heavy atom. The number of halogens is 1. The van der Waals surface area contributed by atoms with Crippen LogP contribution < -0.4 is 4.31 Å². The van der Waals surface area contributed by atoms with Crippen molar-refractivity contribution in [2.24, 2.45) is 0 Å². The molecule has 1 heterocycles. The van der Waals surface area contributed by atoms with Crippen molar-refractivity contribution in [2.45, 2.75) is 24.7 Å². The van der Waals surface area contributed by atoms with E-state index in [2.05, 4.69) is 22.9 Å². The van der Waals surface area contributed by atoms with E-state index in [1.807, 2.05) is 43.3 Å². The third-order valence-electron chi connectivity index (χ3n) is 3.83. The van der Waals surface area contributed by atoms with Gasteiger partial charge in [-0.05, 0) is 52.2 Å². The summed E-state index contributed by atoms with van der Waals surface area (Å²) < 4.78 is 28.1. The molecule has 1 atom stereocenters. The fourth-order valence-electron chi connectivity index (χ4n) is 2.74. The molecule has 0 aliphatic carbocycles. The molecule has 1 unspecified atom stereocenters. The van der Waals surface area contributed by atoms with Crippen LogP contribution in [0.15, 0.2) is 51.8 Å². The molecule has 1 aliphatic rings. The second-order valence-electron chi connectivity index (χ2n) is 5.43. The molecule has 2 aromatic carbocycles. The highest BCUT2D eigenvalue weighted by molar-refractivity contribution is 9.10. The summed E-state index contributed by atoms with van der Waals surface area (Å²) in [6.45, 7) is 4.48. The molecule has 1 aliphatic heterocycles. The van der Waals surface area contributed by atoms with Crippen LogP contribution in [0.4, 0.5) is 5.69 Å². The Morgan fingerprint density at radius 2 is 1.90 bits per heavy atom. The van der Waals surface area contributed by atoms with E-state index in [1.165, 1.54) is 4.31 Å². The molecular formula is C16H16BrNO2S. The topological polar surface area (TPSA) is 37.4 Å². The van der Waals surface area contributed by atoms with Gasteiger partial charge < -0.3 is 0 Å². The van der Waals surface area contributed by atoms with E-state index in [4.69, 9.17) is 0 Å². The van der Waals surface area contributed by atoms with Gasteiger partial charge in [0.2, 0.25) is 0 Å². The third kappa shape index (κ3) is 2.38. The van der Waals surface area contributed by atoms with Crippen LogP contribution in [0.3, 0.4) is 0 Å². The fraction of sp³-hybridized carbons (Fsp3) is 0.250. The lowest BCUT2D eigenvalue weighted by molar-refractivity contribution is 0.590. The molecule has 0 amide bonds. The van der Waals surface area contributed by atoms with E-state index in [1.54, 1.807) is 6.07 Å². The van der Waals surface area contributed by atoms with Gasteiger partial charge in [-0.3, -0.25) is 4.31 Å². The minimum Gasteiger partial charge on any atom is -0.265 e. The molecule has 0 saturated carbocycles. The number of rotatable bonds is 2. The number of hydrogen-bond acceptors (Lipinski definition) is 2. The molecule has 110 valence electrons. The Labute approximate surface area is 133 Å². The first-order valence-corrected chi connectivity index (χ1v) is 9.02. The van der Waals surface area contributed by atoms with Gasteiger partial charge in [0.15, 0.2) is 0 Å². The van der Waals surface area contributed by atoms with Gasteiger partial charge in [-0.25, -0.2) is 8.42 Å². The van der Waals surface area contributed by atoms with E-state index in [0.717, 1.165) is 16.8 Å². The Hall–Kier alpha value is -1.33. The highest BCUT2D eigenvalue weighted by atomic mass is 79.9. The quantitative estimate of drug-likeness (QED) is 0.804. The fourth-order valence-corrected chi connectivity index (χ4v) is 5.47. The first-order chi connectivity index (χ1) is 9.91. The van der Waals surface area contributed by atoms with Gasteiger partial charge in [0.25, 0.3) is 10.0 Å². The van der Waals surface area contributed by atoms with Crippen LogP contribution in [0.2, 0.25) is 0 Å². The Bertz CT molecular complexity index is 802. The summed E-state index contributed by atoms with van der Waals surface area (Å²) in [5.74, 6) is 0.209. The summed E-state index contributed by atoms with van der Waals surface area (Å²) in [4.78, 5) is 0.317. The van der Waals surface area contributed by atoms with Crippen LogP contribution in [0, 0.1) is 6.92 Å². The average molecular weight is 366 g/mol. The minimum atomic E-state index is -3.55. The molecule has 5 heteroatoms. The normalized spacial score (nSPS) is 17.9. The van der Waals surface area contributed by atoms with E-state index in [9.17, 15) is 8.42 Å². The molecule has 0 aromatic heterocycles. The summed E-state index contributed by atoms with van der Waals surface area (Å²) >= 11 is 3.38. The standard InChI is InChI=1S/C16H16BrNO2S/c1-11-7-8-16(14(17)9-11)21(19,20)18-10-12(2)13-5-3-4-6-15(13)18/h3-9,12H,10H2,1-2H3. The lowest BCUT2D eigenvalue weighted by Crippen LogP contribution is -2.30. The molecule has 0 N–H and O–H groups in total. The Kier molecular flexibility index (Phi) is 3.58.